The zero-order valence-corrected chi connectivity index (χ0v) is 14.4. The molecule has 1 aliphatic heterocycles. The Bertz CT molecular complexity index is 427. The minimum absolute atomic E-state index is 0.510. The van der Waals surface area contributed by atoms with Crippen molar-refractivity contribution < 1.29 is 0 Å². The fraction of sp³-hybridized carbons (Fsp3) is 0.600. The van der Waals surface area contributed by atoms with E-state index in [9.17, 15) is 0 Å². The molecule has 122 valence electrons. The van der Waals surface area contributed by atoms with E-state index in [1.807, 2.05) is 0 Å². The average molecular weight is 300 g/mol. The number of nitrogens with zero attached hydrogens (tertiary/aromatic N) is 2. The van der Waals surface area contributed by atoms with E-state index in [-0.39, 0.29) is 0 Å². The van der Waals surface area contributed by atoms with Gasteiger partial charge >= 0.3 is 0 Å². The molecule has 1 heterocycles. The lowest BCUT2D eigenvalue weighted by Crippen LogP contribution is -2.39. The van der Waals surface area contributed by atoms with Crippen molar-refractivity contribution in [2.45, 2.75) is 71.4 Å². The molecule has 0 spiro atoms. The van der Waals surface area contributed by atoms with Gasteiger partial charge in [0, 0.05) is 24.6 Å². The Labute approximate surface area is 136 Å². The summed E-state index contributed by atoms with van der Waals surface area (Å²) in [6, 6.07) is 10.8. The predicted octanol–water partition coefficient (Wildman–Crippen LogP) is 5.77. The minimum Gasteiger partial charge on any atom is -0.356 e. The lowest BCUT2D eigenvalue weighted by molar-refractivity contribution is 0.274. The summed E-state index contributed by atoms with van der Waals surface area (Å²) in [5, 5.41) is 0. The van der Waals surface area contributed by atoms with Crippen molar-refractivity contribution in [3.05, 3.63) is 42.7 Å². The van der Waals surface area contributed by atoms with Crippen LogP contribution in [0.25, 0.3) is 0 Å². The molecule has 0 saturated carbocycles. The van der Waals surface area contributed by atoms with Crippen LogP contribution >= 0.6 is 0 Å². The van der Waals surface area contributed by atoms with Gasteiger partial charge in [-0.1, -0.05) is 64.2 Å². The maximum atomic E-state index is 2.55. The van der Waals surface area contributed by atoms with Crippen molar-refractivity contribution in [2.24, 2.45) is 0 Å². The van der Waals surface area contributed by atoms with Crippen LogP contribution in [0.2, 0.25) is 0 Å². The summed E-state index contributed by atoms with van der Waals surface area (Å²) in [7, 11) is 0. The lowest BCUT2D eigenvalue weighted by Gasteiger charge is -2.33. The van der Waals surface area contributed by atoms with Crippen LogP contribution in [0, 0.1) is 0 Å². The number of para-hydroxylation sites is 1. The highest BCUT2D eigenvalue weighted by atomic mass is 15.4. The standard InChI is InChI=1S/C20H32N2/c1-3-5-7-12-16-21-17-18-22(19-13-10-8-11-14-19)20(21)15-9-6-4-2/h8,10-11,13-14,17-18,20H,3-7,9,12,15-16H2,1-2H3. The second kappa shape index (κ2) is 9.55. The third-order valence-corrected chi connectivity index (χ3v) is 4.51. The molecule has 1 aliphatic rings. The molecule has 1 aromatic rings. The summed E-state index contributed by atoms with van der Waals surface area (Å²) in [5.41, 5.74) is 1.32. The summed E-state index contributed by atoms with van der Waals surface area (Å²) in [5.74, 6) is 0. The van der Waals surface area contributed by atoms with Gasteiger partial charge < -0.3 is 9.80 Å². The first-order valence-electron chi connectivity index (χ1n) is 9.14. The maximum absolute atomic E-state index is 2.55. The van der Waals surface area contributed by atoms with E-state index in [2.05, 4.69) is 66.4 Å². The van der Waals surface area contributed by atoms with Gasteiger partial charge in [-0.15, -0.1) is 0 Å². The van der Waals surface area contributed by atoms with E-state index < -0.39 is 0 Å². The highest BCUT2D eigenvalue weighted by molar-refractivity contribution is 5.51. The molecule has 0 amide bonds. The summed E-state index contributed by atoms with van der Waals surface area (Å²) in [6.45, 7) is 5.75. The van der Waals surface area contributed by atoms with Crippen molar-refractivity contribution in [1.29, 1.82) is 0 Å². The number of unbranched alkanes of at least 4 members (excludes halogenated alkanes) is 5. The van der Waals surface area contributed by atoms with Gasteiger partial charge in [0.15, 0.2) is 0 Å². The van der Waals surface area contributed by atoms with Crippen LogP contribution in [0.3, 0.4) is 0 Å². The lowest BCUT2D eigenvalue weighted by atomic mass is 10.1. The molecule has 1 atom stereocenters. The molecule has 0 saturated heterocycles. The molecule has 2 rings (SSSR count). The van der Waals surface area contributed by atoms with Gasteiger partial charge in [0.25, 0.3) is 0 Å². The Balaban J connectivity index is 1.95. The molecule has 1 aromatic carbocycles. The average Bonchev–Trinajstić information content (AvgIpc) is 2.96. The van der Waals surface area contributed by atoms with E-state index in [0.29, 0.717) is 6.17 Å². The van der Waals surface area contributed by atoms with Crippen LogP contribution in [0.4, 0.5) is 5.69 Å². The number of benzene rings is 1. The summed E-state index contributed by atoms with van der Waals surface area (Å²) < 4.78 is 0. The first kappa shape index (κ1) is 16.9. The molecule has 0 N–H and O–H groups in total. The Kier molecular flexibility index (Phi) is 7.35. The number of rotatable bonds is 10. The number of hydrogen-bond acceptors (Lipinski definition) is 2. The summed E-state index contributed by atoms with van der Waals surface area (Å²) in [4.78, 5) is 5.01. The third kappa shape index (κ3) is 4.79. The summed E-state index contributed by atoms with van der Waals surface area (Å²) in [6.07, 6.45) is 15.6. The second-order valence-electron chi connectivity index (χ2n) is 6.32. The van der Waals surface area contributed by atoms with Gasteiger partial charge in [-0.3, -0.25) is 0 Å². The fourth-order valence-electron chi connectivity index (χ4n) is 3.20. The van der Waals surface area contributed by atoms with E-state index >= 15 is 0 Å². The highest BCUT2D eigenvalue weighted by Gasteiger charge is 2.26. The van der Waals surface area contributed by atoms with Crippen LogP contribution in [-0.4, -0.2) is 17.6 Å². The second-order valence-corrected chi connectivity index (χ2v) is 6.32. The Morgan fingerprint density at radius 2 is 1.55 bits per heavy atom. The molecule has 0 bridgehead atoms. The molecule has 0 radical (unpaired) electrons. The predicted molar refractivity (Wildman–Crippen MR) is 96.8 cm³/mol. The first-order valence-corrected chi connectivity index (χ1v) is 9.14. The quantitative estimate of drug-likeness (QED) is 0.506. The molecule has 1 unspecified atom stereocenters. The monoisotopic (exact) mass is 300 g/mol. The molecule has 0 aliphatic carbocycles. The van der Waals surface area contributed by atoms with Gasteiger partial charge in [0.1, 0.15) is 6.17 Å². The van der Waals surface area contributed by atoms with E-state index in [4.69, 9.17) is 0 Å². The van der Waals surface area contributed by atoms with Crippen LogP contribution in [0.5, 0.6) is 0 Å². The molecule has 0 fully saturated rings. The van der Waals surface area contributed by atoms with Crippen LogP contribution < -0.4 is 4.90 Å². The third-order valence-electron chi connectivity index (χ3n) is 4.51. The van der Waals surface area contributed by atoms with Gasteiger partial charge in [-0.25, -0.2) is 0 Å². The topological polar surface area (TPSA) is 6.48 Å². The smallest absolute Gasteiger partial charge is 0.105 e. The Morgan fingerprint density at radius 1 is 0.818 bits per heavy atom. The normalized spacial score (nSPS) is 17.5. The fourth-order valence-corrected chi connectivity index (χ4v) is 3.20. The molecular weight excluding hydrogens is 268 g/mol. The molecule has 0 aromatic heterocycles. The van der Waals surface area contributed by atoms with Gasteiger partial charge in [0.05, 0.1) is 0 Å². The Morgan fingerprint density at radius 3 is 2.27 bits per heavy atom. The molecule has 2 nitrogen and oxygen atoms in total. The van der Waals surface area contributed by atoms with Gasteiger partial charge in [-0.2, -0.15) is 0 Å². The van der Waals surface area contributed by atoms with Crippen molar-refractivity contribution >= 4 is 5.69 Å². The largest absolute Gasteiger partial charge is 0.356 e. The number of anilines is 1. The van der Waals surface area contributed by atoms with Crippen molar-refractivity contribution in [2.75, 3.05) is 11.4 Å². The molecular formula is C20H32N2. The van der Waals surface area contributed by atoms with E-state index in [0.717, 1.165) is 0 Å². The van der Waals surface area contributed by atoms with Gasteiger partial charge in [-0.05, 0) is 31.4 Å². The van der Waals surface area contributed by atoms with Crippen molar-refractivity contribution in [3.63, 3.8) is 0 Å². The van der Waals surface area contributed by atoms with Gasteiger partial charge in [0.2, 0.25) is 0 Å². The maximum Gasteiger partial charge on any atom is 0.105 e. The van der Waals surface area contributed by atoms with Crippen LogP contribution in [-0.2, 0) is 0 Å². The first-order chi connectivity index (χ1) is 10.9. The zero-order chi connectivity index (χ0) is 15.6. The van der Waals surface area contributed by atoms with Crippen LogP contribution in [0.1, 0.15) is 65.2 Å². The highest BCUT2D eigenvalue weighted by Crippen LogP contribution is 2.28. The van der Waals surface area contributed by atoms with Crippen molar-refractivity contribution in [1.82, 2.24) is 4.90 Å². The SMILES string of the molecule is CCCCCCN1C=CN(c2ccccc2)C1CCCCC. The molecule has 2 heteroatoms. The molecule has 22 heavy (non-hydrogen) atoms. The summed E-state index contributed by atoms with van der Waals surface area (Å²) >= 11 is 0. The van der Waals surface area contributed by atoms with Crippen LogP contribution in [0.15, 0.2) is 42.7 Å². The Hall–Kier alpha value is -1.44. The minimum atomic E-state index is 0.510. The van der Waals surface area contributed by atoms with Crippen molar-refractivity contribution in [3.8, 4) is 0 Å². The zero-order valence-electron chi connectivity index (χ0n) is 14.4. The van der Waals surface area contributed by atoms with E-state index in [1.165, 1.54) is 63.6 Å². The van der Waals surface area contributed by atoms with E-state index in [1.54, 1.807) is 0 Å². The number of hydrogen-bond donors (Lipinski definition) is 0.